The van der Waals surface area contributed by atoms with Crippen molar-refractivity contribution in [2.75, 3.05) is 14.9 Å². The van der Waals surface area contributed by atoms with Gasteiger partial charge in [-0.15, -0.1) is 0 Å². The lowest BCUT2D eigenvalue weighted by atomic mass is 10.2. The maximum atomic E-state index is 13.7. The van der Waals surface area contributed by atoms with Gasteiger partial charge in [-0.05, 0) is 54.6 Å². The summed E-state index contributed by atoms with van der Waals surface area (Å²) in [5.41, 5.74) is 0.872. The van der Waals surface area contributed by atoms with Gasteiger partial charge < -0.3 is 15.7 Å². The molecule has 0 unspecified atom stereocenters. The molecule has 0 fully saturated rings. The molecule has 0 bridgehead atoms. The van der Waals surface area contributed by atoms with Gasteiger partial charge in [0.1, 0.15) is 11.6 Å². The van der Waals surface area contributed by atoms with Crippen molar-refractivity contribution < 1.29 is 19.1 Å². The Morgan fingerprint density at radius 1 is 1.00 bits per heavy atom. The van der Waals surface area contributed by atoms with E-state index in [9.17, 15) is 19.1 Å². The Bertz CT molecular complexity index is 1060. The highest BCUT2D eigenvalue weighted by Gasteiger charge is 2.15. The second-order valence-corrected chi connectivity index (χ2v) is 6.72. The van der Waals surface area contributed by atoms with Crippen LogP contribution in [0.2, 0.25) is 5.02 Å². The summed E-state index contributed by atoms with van der Waals surface area (Å²) in [5.74, 6) is -1.35. The van der Waals surface area contributed by atoms with Crippen LogP contribution in [0.4, 0.5) is 26.2 Å². The number of hydrogen-bond donors (Lipinski definition) is 4. The SMILES string of the molecule is O=C(Nc1ccc(N(S)C(=O)Nc2cc(Cl)ccc2O)cc1)c1ccccc1F. The Morgan fingerprint density at radius 3 is 2.38 bits per heavy atom. The second-order valence-electron chi connectivity index (χ2n) is 5.88. The Morgan fingerprint density at radius 2 is 1.69 bits per heavy atom. The maximum Gasteiger partial charge on any atom is 0.336 e. The molecule has 3 rings (SSSR count). The van der Waals surface area contributed by atoms with Crippen molar-refractivity contribution in [3.8, 4) is 5.75 Å². The molecule has 29 heavy (non-hydrogen) atoms. The van der Waals surface area contributed by atoms with Crippen LogP contribution in [-0.2, 0) is 0 Å². The highest BCUT2D eigenvalue weighted by Crippen LogP contribution is 2.28. The predicted octanol–water partition coefficient (Wildman–Crippen LogP) is 5.32. The summed E-state index contributed by atoms with van der Waals surface area (Å²) in [5, 5.41) is 15.2. The van der Waals surface area contributed by atoms with Crippen LogP contribution in [0.15, 0.2) is 66.7 Å². The average Bonchev–Trinajstić information content (AvgIpc) is 2.71. The molecule has 3 N–H and O–H groups in total. The molecule has 6 nitrogen and oxygen atoms in total. The molecule has 9 heteroatoms. The molecule has 0 radical (unpaired) electrons. The van der Waals surface area contributed by atoms with Crippen LogP contribution in [-0.4, -0.2) is 17.0 Å². The second kappa shape index (κ2) is 8.85. The molecule has 0 aliphatic heterocycles. The summed E-state index contributed by atoms with van der Waals surface area (Å²) < 4.78 is 14.7. The third kappa shape index (κ3) is 4.98. The lowest BCUT2D eigenvalue weighted by molar-refractivity contribution is 0.102. The van der Waals surface area contributed by atoms with E-state index in [0.717, 1.165) is 4.31 Å². The summed E-state index contributed by atoms with van der Waals surface area (Å²) in [6.45, 7) is 0. The Kier molecular flexibility index (Phi) is 6.26. The zero-order chi connectivity index (χ0) is 21.0. The molecule has 0 saturated carbocycles. The lowest BCUT2D eigenvalue weighted by Gasteiger charge is -2.17. The summed E-state index contributed by atoms with van der Waals surface area (Å²) in [7, 11) is 0. The number of aromatic hydroxyl groups is 1. The van der Waals surface area contributed by atoms with Gasteiger partial charge in [-0.1, -0.05) is 36.5 Å². The van der Waals surface area contributed by atoms with Gasteiger partial charge in [-0.2, -0.15) is 0 Å². The number of nitrogens with zero attached hydrogens (tertiary/aromatic N) is 1. The zero-order valence-corrected chi connectivity index (χ0v) is 16.4. The third-order valence-corrected chi connectivity index (χ3v) is 4.53. The first-order chi connectivity index (χ1) is 13.8. The third-order valence-electron chi connectivity index (χ3n) is 3.88. The minimum atomic E-state index is -0.631. The minimum absolute atomic E-state index is 0.0758. The molecule has 0 spiro atoms. The number of urea groups is 1. The smallest absolute Gasteiger partial charge is 0.336 e. The number of carbonyl (C=O) groups excluding carboxylic acids is 2. The number of nitrogens with one attached hydrogen (secondary N) is 2. The van der Waals surface area contributed by atoms with E-state index in [1.54, 1.807) is 30.3 Å². The van der Waals surface area contributed by atoms with E-state index in [2.05, 4.69) is 23.4 Å². The van der Waals surface area contributed by atoms with Crippen molar-refractivity contribution >= 4 is 53.4 Å². The first kappa shape index (κ1) is 20.5. The van der Waals surface area contributed by atoms with Gasteiger partial charge in [-0.3, -0.25) is 4.79 Å². The van der Waals surface area contributed by atoms with E-state index in [0.29, 0.717) is 16.4 Å². The number of hydrogen-bond acceptors (Lipinski definition) is 4. The summed E-state index contributed by atoms with van der Waals surface area (Å²) in [6, 6.07) is 15.4. The number of anilines is 3. The summed E-state index contributed by atoms with van der Waals surface area (Å²) in [4.78, 5) is 24.5. The normalized spacial score (nSPS) is 10.3. The Hall–Kier alpha value is -3.23. The van der Waals surface area contributed by atoms with Crippen LogP contribution in [0.3, 0.4) is 0 Å². The number of benzene rings is 3. The fraction of sp³-hybridized carbons (Fsp3) is 0. The maximum absolute atomic E-state index is 13.7. The lowest BCUT2D eigenvalue weighted by Crippen LogP contribution is -2.26. The molecule has 0 saturated heterocycles. The monoisotopic (exact) mass is 431 g/mol. The van der Waals surface area contributed by atoms with Crippen LogP contribution >= 0.6 is 24.4 Å². The topological polar surface area (TPSA) is 81.7 Å². The van der Waals surface area contributed by atoms with Gasteiger partial charge in [-0.25, -0.2) is 13.5 Å². The van der Waals surface area contributed by atoms with E-state index in [1.807, 2.05) is 0 Å². The average molecular weight is 432 g/mol. The van der Waals surface area contributed by atoms with Crippen LogP contribution in [0.1, 0.15) is 10.4 Å². The number of phenols is 1. The fourth-order valence-corrected chi connectivity index (χ4v) is 2.78. The van der Waals surface area contributed by atoms with Crippen molar-refractivity contribution in [1.29, 1.82) is 0 Å². The predicted molar refractivity (Wildman–Crippen MR) is 114 cm³/mol. The van der Waals surface area contributed by atoms with Crippen LogP contribution < -0.4 is 14.9 Å². The van der Waals surface area contributed by atoms with Crippen LogP contribution in [0.25, 0.3) is 0 Å². The first-order valence-corrected chi connectivity index (χ1v) is 9.07. The fourth-order valence-electron chi connectivity index (χ4n) is 2.42. The molecular weight excluding hydrogens is 417 g/mol. The quantitative estimate of drug-likeness (QED) is 0.333. The van der Waals surface area contributed by atoms with E-state index >= 15 is 0 Å². The molecule has 0 aliphatic carbocycles. The Balaban J connectivity index is 1.67. The highest BCUT2D eigenvalue weighted by molar-refractivity contribution is 7.82. The molecule has 0 atom stereocenters. The van der Waals surface area contributed by atoms with Gasteiger partial charge in [0, 0.05) is 10.7 Å². The Labute approximate surface area is 176 Å². The minimum Gasteiger partial charge on any atom is -0.506 e. The van der Waals surface area contributed by atoms with Gasteiger partial charge in [0.15, 0.2) is 0 Å². The number of amides is 3. The first-order valence-electron chi connectivity index (χ1n) is 8.29. The van der Waals surface area contributed by atoms with Crippen molar-refractivity contribution in [1.82, 2.24) is 0 Å². The van der Waals surface area contributed by atoms with Crippen LogP contribution in [0, 0.1) is 5.82 Å². The van der Waals surface area contributed by atoms with Crippen LogP contribution in [0.5, 0.6) is 5.75 Å². The number of halogens is 2. The molecular formula is C20H15ClFN3O3S. The van der Waals surface area contributed by atoms with Gasteiger partial charge in [0.2, 0.25) is 0 Å². The number of rotatable bonds is 4. The van der Waals surface area contributed by atoms with Gasteiger partial charge in [0.25, 0.3) is 5.91 Å². The van der Waals surface area contributed by atoms with Gasteiger partial charge in [0.05, 0.1) is 16.9 Å². The van der Waals surface area contributed by atoms with E-state index < -0.39 is 17.8 Å². The van der Waals surface area contributed by atoms with Crippen molar-refractivity contribution in [3.05, 3.63) is 83.1 Å². The molecule has 3 aromatic carbocycles. The molecule has 0 aliphatic rings. The zero-order valence-electron chi connectivity index (χ0n) is 14.8. The van der Waals surface area contributed by atoms with E-state index in [1.165, 1.54) is 36.4 Å². The van der Waals surface area contributed by atoms with Crippen molar-refractivity contribution in [3.63, 3.8) is 0 Å². The largest absolute Gasteiger partial charge is 0.506 e. The van der Waals surface area contributed by atoms with Crippen molar-refractivity contribution in [2.24, 2.45) is 0 Å². The van der Waals surface area contributed by atoms with Gasteiger partial charge >= 0.3 is 6.03 Å². The molecule has 0 heterocycles. The van der Waals surface area contributed by atoms with Crippen molar-refractivity contribution in [2.45, 2.75) is 0 Å². The summed E-state index contributed by atoms with van der Waals surface area (Å²) >= 11 is 10.0. The highest BCUT2D eigenvalue weighted by atomic mass is 35.5. The summed E-state index contributed by atoms with van der Waals surface area (Å²) in [6.07, 6.45) is 0. The van der Waals surface area contributed by atoms with E-state index in [-0.39, 0.29) is 17.0 Å². The number of carbonyl (C=O) groups is 2. The molecule has 148 valence electrons. The molecule has 3 amide bonds. The van der Waals surface area contributed by atoms with E-state index in [4.69, 9.17) is 11.6 Å². The molecule has 3 aromatic rings. The molecule has 0 aromatic heterocycles. The standard InChI is InChI=1S/C20H15ClFN3O3S/c21-12-5-10-18(26)17(11-12)24-20(28)25(29)14-8-6-13(7-9-14)23-19(27)15-3-1-2-4-16(15)22/h1-11,26,29H,(H,23,27)(H,24,28). The number of phenolic OH excluding ortho intramolecular Hbond substituents is 1. The number of thiol groups is 1.